The molecule has 1 amide bonds. The molecular weight excluding hydrogens is 367 g/mol. The average Bonchev–Trinajstić information content (AvgIpc) is 2.69. The molecule has 1 aromatic heterocycles. The standard InChI is InChI=1S/C20H18ClFN4O/c21-17-4-2-1-3-15(17)12-24-19-11-18(25-13-26-19)20(27)23-10-9-14-5-7-16(22)8-6-14/h1-8,11,13H,9-10,12H2,(H,23,27)(H,24,25,26). The van der Waals surface area contributed by atoms with Crippen molar-refractivity contribution < 1.29 is 9.18 Å². The largest absolute Gasteiger partial charge is 0.366 e. The molecule has 27 heavy (non-hydrogen) atoms. The minimum Gasteiger partial charge on any atom is -0.366 e. The van der Waals surface area contributed by atoms with E-state index in [1.807, 2.05) is 24.3 Å². The number of carbonyl (C=O) groups is 1. The monoisotopic (exact) mass is 384 g/mol. The molecule has 0 bridgehead atoms. The van der Waals surface area contributed by atoms with E-state index in [0.29, 0.717) is 30.4 Å². The molecule has 0 fully saturated rings. The van der Waals surface area contributed by atoms with Gasteiger partial charge in [-0.05, 0) is 35.7 Å². The summed E-state index contributed by atoms with van der Waals surface area (Å²) in [6.07, 6.45) is 1.94. The molecule has 2 aromatic carbocycles. The van der Waals surface area contributed by atoms with Crippen LogP contribution in [0, 0.1) is 5.82 Å². The summed E-state index contributed by atoms with van der Waals surface area (Å²) in [6, 6.07) is 15.3. The van der Waals surface area contributed by atoms with E-state index in [4.69, 9.17) is 11.6 Å². The fourth-order valence-corrected chi connectivity index (χ4v) is 2.67. The van der Waals surface area contributed by atoms with Gasteiger partial charge in [-0.15, -0.1) is 0 Å². The number of nitrogens with zero attached hydrogens (tertiary/aromatic N) is 2. The molecule has 0 atom stereocenters. The molecule has 138 valence electrons. The average molecular weight is 385 g/mol. The summed E-state index contributed by atoms with van der Waals surface area (Å²) in [5.41, 5.74) is 2.15. The fraction of sp³-hybridized carbons (Fsp3) is 0.150. The van der Waals surface area contributed by atoms with Crippen molar-refractivity contribution in [2.45, 2.75) is 13.0 Å². The predicted octanol–water partition coefficient (Wildman–Crippen LogP) is 3.85. The second-order valence-electron chi connectivity index (χ2n) is 5.87. The number of hydrogen-bond acceptors (Lipinski definition) is 4. The van der Waals surface area contributed by atoms with Crippen molar-refractivity contribution in [3.8, 4) is 0 Å². The number of hydrogen-bond donors (Lipinski definition) is 2. The van der Waals surface area contributed by atoms with Gasteiger partial charge in [-0.25, -0.2) is 14.4 Å². The predicted molar refractivity (Wildman–Crippen MR) is 103 cm³/mol. The lowest BCUT2D eigenvalue weighted by Gasteiger charge is -2.09. The van der Waals surface area contributed by atoms with Crippen molar-refractivity contribution >= 4 is 23.3 Å². The second-order valence-corrected chi connectivity index (χ2v) is 6.27. The summed E-state index contributed by atoms with van der Waals surface area (Å²) < 4.78 is 12.9. The van der Waals surface area contributed by atoms with Gasteiger partial charge in [0.1, 0.15) is 23.7 Å². The Morgan fingerprint density at radius 2 is 1.85 bits per heavy atom. The van der Waals surface area contributed by atoms with Crippen molar-refractivity contribution in [2.75, 3.05) is 11.9 Å². The van der Waals surface area contributed by atoms with Crippen LogP contribution in [0.5, 0.6) is 0 Å². The smallest absolute Gasteiger partial charge is 0.270 e. The van der Waals surface area contributed by atoms with E-state index < -0.39 is 0 Å². The number of carbonyl (C=O) groups excluding carboxylic acids is 1. The molecule has 2 N–H and O–H groups in total. The third kappa shape index (κ3) is 5.49. The molecule has 7 heteroatoms. The maximum atomic E-state index is 12.9. The first-order valence-electron chi connectivity index (χ1n) is 8.44. The maximum Gasteiger partial charge on any atom is 0.270 e. The van der Waals surface area contributed by atoms with Gasteiger partial charge in [-0.3, -0.25) is 4.79 Å². The Hall–Kier alpha value is -2.99. The fourth-order valence-electron chi connectivity index (χ4n) is 2.47. The van der Waals surface area contributed by atoms with Gasteiger partial charge in [-0.2, -0.15) is 0 Å². The zero-order valence-corrected chi connectivity index (χ0v) is 15.2. The van der Waals surface area contributed by atoms with Crippen LogP contribution < -0.4 is 10.6 Å². The lowest BCUT2D eigenvalue weighted by Crippen LogP contribution is -2.26. The van der Waals surface area contributed by atoms with E-state index >= 15 is 0 Å². The van der Waals surface area contributed by atoms with E-state index in [0.717, 1.165) is 11.1 Å². The van der Waals surface area contributed by atoms with Crippen LogP contribution in [0.1, 0.15) is 21.6 Å². The van der Waals surface area contributed by atoms with E-state index in [9.17, 15) is 9.18 Å². The normalized spacial score (nSPS) is 10.4. The van der Waals surface area contributed by atoms with Gasteiger partial charge < -0.3 is 10.6 Å². The summed E-state index contributed by atoms with van der Waals surface area (Å²) in [6.45, 7) is 0.916. The van der Waals surface area contributed by atoms with Crippen molar-refractivity contribution in [2.24, 2.45) is 0 Å². The van der Waals surface area contributed by atoms with Gasteiger partial charge in [-0.1, -0.05) is 41.9 Å². The Bertz CT molecular complexity index is 918. The lowest BCUT2D eigenvalue weighted by molar-refractivity contribution is 0.0949. The van der Waals surface area contributed by atoms with Crippen LogP contribution in [0.15, 0.2) is 60.9 Å². The van der Waals surface area contributed by atoms with Gasteiger partial charge in [0.2, 0.25) is 0 Å². The molecule has 0 saturated carbocycles. The van der Waals surface area contributed by atoms with Crippen molar-refractivity contribution in [1.29, 1.82) is 0 Å². The van der Waals surface area contributed by atoms with Crippen molar-refractivity contribution in [1.82, 2.24) is 15.3 Å². The van der Waals surface area contributed by atoms with Crippen molar-refractivity contribution in [3.63, 3.8) is 0 Å². The number of nitrogens with one attached hydrogen (secondary N) is 2. The highest BCUT2D eigenvalue weighted by Crippen LogP contribution is 2.16. The van der Waals surface area contributed by atoms with E-state index in [1.54, 1.807) is 18.2 Å². The summed E-state index contributed by atoms with van der Waals surface area (Å²) in [5, 5.41) is 6.60. The molecule has 0 saturated heterocycles. The number of amides is 1. The van der Waals surface area contributed by atoms with Crippen molar-refractivity contribution in [3.05, 3.63) is 88.6 Å². The SMILES string of the molecule is O=C(NCCc1ccc(F)cc1)c1cc(NCc2ccccc2Cl)ncn1. The van der Waals surface area contributed by atoms with Gasteiger partial charge in [0.15, 0.2) is 0 Å². The Kier molecular flexibility index (Phi) is 6.33. The summed E-state index contributed by atoms with van der Waals surface area (Å²) in [7, 11) is 0. The minimum atomic E-state index is -0.291. The highest BCUT2D eigenvalue weighted by Gasteiger charge is 2.09. The van der Waals surface area contributed by atoms with Crippen LogP contribution in [0.3, 0.4) is 0 Å². The van der Waals surface area contributed by atoms with Crippen LogP contribution in [0.25, 0.3) is 0 Å². The molecular formula is C20H18ClFN4O. The van der Waals surface area contributed by atoms with Gasteiger partial charge in [0, 0.05) is 24.2 Å². The quantitative estimate of drug-likeness (QED) is 0.649. The molecule has 0 radical (unpaired) electrons. The highest BCUT2D eigenvalue weighted by atomic mass is 35.5. The van der Waals surface area contributed by atoms with Crippen LogP contribution in [0.2, 0.25) is 5.02 Å². The minimum absolute atomic E-state index is 0.269. The molecule has 0 unspecified atom stereocenters. The van der Waals surface area contributed by atoms with Gasteiger partial charge in [0.25, 0.3) is 5.91 Å². The lowest BCUT2D eigenvalue weighted by atomic mass is 10.1. The van der Waals surface area contributed by atoms with Gasteiger partial charge >= 0.3 is 0 Å². The second kappa shape index (κ2) is 9.09. The highest BCUT2D eigenvalue weighted by molar-refractivity contribution is 6.31. The molecule has 0 aliphatic rings. The molecule has 0 aliphatic heterocycles. The Labute approximate surface area is 161 Å². The first kappa shape index (κ1) is 18.8. The van der Waals surface area contributed by atoms with Crippen LogP contribution in [0.4, 0.5) is 10.2 Å². The summed E-state index contributed by atoms with van der Waals surface area (Å²) in [5.74, 6) is -0.0329. The number of anilines is 1. The molecule has 3 aromatic rings. The number of benzene rings is 2. The maximum absolute atomic E-state index is 12.9. The Morgan fingerprint density at radius 3 is 2.63 bits per heavy atom. The van der Waals surface area contributed by atoms with Gasteiger partial charge in [0.05, 0.1) is 0 Å². The molecule has 0 spiro atoms. The molecule has 1 heterocycles. The molecule has 5 nitrogen and oxygen atoms in total. The molecule has 0 aliphatic carbocycles. The van der Waals surface area contributed by atoms with E-state index in [-0.39, 0.29) is 17.4 Å². The van der Waals surface area contributed by atoms with E-state index in [1.165, 1.54) is 18.5 Å². The Balaban J connectivity index is 1.53. The zero-order chi connectivity index (χ0) is 19.1. The number of halogens is 2. The van der Waals surface area contributed by atoms with Crippen LogP contribution >= 0.6 is 11.6 Å². The van der Waals surface area contributed by atoms with E-state index in [2.05, 4.69) is 20.6 Å². The first-order valence-corrected chi connectivity index (χ1v) is 8.81. The zero-order valence-electron chi connectivity index (χ0n) is 14.5. The topological polar surface area (TPSA) is 66.9 Å². The first-order chi connectivity index (χ1) is 13.1. The number of aromatic nitrogens is 2. The van der Waals surface area contributed by atoms with Crippen LogP contribution in [-0.4, -0.2) is 22.4 Å². The number of rotatable bonds is 7. The summed E-state index contributed by atoms with van der Waals surface area (Å²) in [4.78, 5) is 20.4. The third-order valence-corrected chi connectivity index (χ3v) is 4.30. The van der Waals surface area contributed by atoms with Crippen LogP contribution in [-0.2, 0) is 13.0 Å². The third-order valence-electron chi connectivity index (χ3n) is 3.93. The Morgan fingerprint density at radius 1 is 1.07 bits per heavy atom. The molecule has 3 rings (SSSR count). The summed E-state index contributed by atoms with van der Waals surface area (Å²) >= 11 is 6.13.